The van der Waals surface area contributed by atoms with E-state index in [1.807, 2.05) is 42.5 Å². The Labute approximate surface area is 112 Å². The van der Waals surface area contributed by atoms with Gasteiger partial charge in [-0.25, -0.2) is 5.84 Å². The zero-order chi connectivity index (χ0) is 13.7. The molecule has 1 amide bonds. The smallest absolute Gasteiger partial charge is 0.265 e. The van der Waals surface area contributed by atoms with Gasteiger partial charge in [0.25, 0.3) is 5.91 Å². The molecule has 0 aromatic heterocycles. The van der Waals surface area contributed by atoms with Crippen LogP contribution in [0.15, 0.2) is 48.5 Å². The number of hydrogen-bond donors (Lipinski definition) is 3. The molecule has 0 radical (unpaired) electrons. The number of carbonyl (C=O) groups is 1. The number of nitrogens with one attached hydrogen (secondary N) is 1. The minimum atomic E-state index is -0.261. The monoisotopic (exact) mass is 255 g/mol. The maximum absolute atomic E-state index is 11.6. The highest BCUT2D eigenvalue weighted by Gasteiger charge is 2.09. The van der Waals surface area contributed by atoms with E-state index >= 15 is 0 Å². The summed E-state index contributed by atoms with van der Waals surface area (Å²) >= 11 is 0. The summed E-state index contributed by atoms with van der Waals surface area (Å²) in [4.78, 5) is 11.6. The third-order valence-corrected chi connectivity index (χ3v) is 3.03. The van der Waals surface area contributed by atoms with Crippen LogP contribution in [0.4, 0.5) is 5.69 Å². The average molecular weight is 255 g/mol. The summed E-state index contributed by atoms with van der Waals surface area (Å²) < 4.78 is 0. The number of hydrazine groups is 1. The van der Waals surface area contributed by atoms with Crippen molar-refractivity contribution in [3.8, 4) is 0 Å². The second-order valence-corrected chi connectivity index (χ2v) is 4.38. The Kier molecular flexibility index (Phi) is 4.15. The number of aryl methyl sites for hydroxylation is 2. The van der Waals surface area contributed by atoms with Crippen LogP contribution in [0.25, 0.3) is 0 Å². The van der Waals surface area contributed by atoms with Gasteiger partial charge in [0.1, 0.15) is 0 Å². The van der Waals surface area contributed by atoms with Crippen molar-refractivity contribution in [2.75, 3.05) is 5.73 Å². The first kappa shape index (κ1) is 13.1. The fourth-order valence-electron chi connectivity index (χ4n) is 2.07. The van der Waals surface area contributed by atoms with Crippen molar-refractivity contribution in [1.82, 2.24) is 5.43 Å². The Hall–Kier alpha value is -2.33. The lowest BCUT2D eigenvalue weighted by atomic mass is 9.99. The summed E-state index contributed by atoms with van der Waals surface area (Å²) in [5.41, 5.74) is 11.4. The zero-order valence-electron chi connectivity index (χ0n) is 10.6. The van der Waals surface area contributed by atoms with Crippen LogP contribution in [0.1, 0.15) is 21.5 Å². The van der Waals surface area contributed by atoms with Crippen molar-refractivity contribution in [3.63, 3.8) is 0 Å². The highest BCUT2D eigenvalue weighted by Crippen LogP contribution is 2.14. The van der Waals surface area contributed by atoms with Crippen LogP contribution < -0.4 is 17.0 Å². The van der Waals surface area contributed by atoms with E-state index in [2.05, 4.69) is 5.43 Å². The fraction of sp³-hybridized carbons (Fsp3) is 0.133. The van der Waals surface area contributed by atoms with Gasteiger partial charge in [-0.2, -0.15) is 0 Å². The van der Waals surface area contributed by atoms with E-state index in [0.717, 1.165) is 29.7 Å². The molecule has 98 valence electrons. The SMILES string of the molecule is NNC(=O)c1ccccc1CCc1cccc(N)c1. The number of nitrogens with two attached hydrogens (primary N) is 2. The van der Waals surface area contributed by atoms with Gasteiger partial charge in [-0.3, -0.25) is 10.2 Å². The molecule has 0 atom stereocenters. The van der Waals surface area contributed by atoms with Gasteiger partial charge in [0.15, 0.2) is 0 Å². The van der Waals surface area contributed by atoms with Gasteiger partial charge in [0, 0.05) is 11.3 Å². The van der Waals surface area contributed by atoms with Gasteiger partial charge < -0.3 is 5.73 Å². The minimum Gasteiger partial charge on any atom is -0.399 e. The van der Waals surface area contributed by atoms with Crippen molar-refractivity contribution >= 4 is 11.6 Å². The second-order valence-electron chi connectivity index (χ2n) is 4.38. The Morgan fingerprint density at radius 3 is 2.58 bits per heavy atom. The molecule has 0 bridgehead atoms. The molecule has 4 nitrogen and oxygen atoms in total. The van der Waals surface area contributed by atoms with Crippen LogP contribution >= 0.6 is 0 Å². The molecule has 2 aromatic carbocycles. The van der Waals surface area contributed by atoms with Crippen LogP contribution in [-0.2, 0) is 12.8 Å². The molecular formula is C15H17N3O. The maximum atomic E-state index is 11.6. The van der Waals surface area contributed by atoms with Crippen LogP contribution in [0.2, 0.25) is 0 Å². The van der Waals surface area contributed by atoms with Crippen LogP contribution in [0.3, 0.4) is 0 Å². The van der Waals surface area contributed by atoms with Crippen molar-refractivity contribution < 1.29 is 4.79 Å². The summed E-state index contributed by atoms with van der Waals surface area (Å²) in [5.74, 6) is 4.92. The first-order chi connectivity index (χ1) is 9.20. The lowest BCUT2D eigenvalue weighted by Gasteiger charge is -2.08. The summed E-state index contributed by atoms with van der Waals surface area (Å²) in [6, 6.07) is 15.2. The van der Waals surface area contributed by atoms with E-state index in [0.29, 0.717) is 5.56 Å². The molecule has 0 aliphatic rings. The Morgan fingerprint density at radius 2 is 1.84 bits per heavy atom. The number of carbonyl (C=O) groups excluding carboxylic acids is 1. The zero-order valence-corrected chi connectivity index (χ0v) is 10.6. The molecule has 4 heteroatoms. The van der Waals surface area contributed by atoms with Crippen molar-refractivity contribution in [2.24, 2.45) is 5.84 Å². The molecule has 0 spiro atoms. The fourth-order valence-corrected chi connectivity index (χ4v) is 2.07. The highest BCUT2D eigenvalue weighted by molar-refractivity contribution is 5.95. The first-order valence-electron chi connectivity index (χ1n) is 6.14. The van der Waals surface area contributed by atoms with Crippen LogP contribution in [0.5, 0.6) is 0 Å². The number of amides is 1. The predicted molar refractivity (Wildman–Crippen MR) is 76.4 cm³/mol. The predicted octanol–water partition coefficient (Wildman–Crippen LogP) is 1.66. The van der Waals surface area contributed by atoms with E-state index in [9.17, 15) is 4.79 Å². The van der Waals surface area contributed by atoms with Crippen LogP contribution in [0, 0.1) is 0 Å². The number of nitrogen functional groups attached to an aromatic ring is 2. The third-order valence-electron chi connectivity index (χ3n) is 3.03. The van der Waals surface area contributed by atoms with Gasteiger partial charge in [-0.15, -0.1) is 0 Å². The number of hydrogen-bond acceptors (Lipinski definition) is 3. The molecule has 0 unspecified atom stereocenters. The topological polar surface area (TPSA) is 81.1 Å². The van der Waals surface area contributed by atoms with Gasteiger partial charge in [-0.1, -0.05) is 30.3 Å². The molecule has 0 saturated heterocycles. The average Bonchev–Trinajstić information content (AvgIpc) is 2.45. The number of rotatable bonds is 4. The van der Waals surface area contributed by atoms with Gasteiger partial charge in [0.05, 0.1) is 0 Å². The molecule has 2 rings (SSSR count). The van der Waals surface area contributed by atoms with E-state index < -0.39 is 0 Å². The molecule has 0 fully saturated rings. The number of anilines is 1. The summed E-state index contributed by atoms with van der Waals surface area (Å²) in [6.07, 6.45) is 1.60. The quantitative estimate of drug-likeness (QED) is 0.336. The largest absolute Gasteiger partial charge is 0.399 e. The van der Waals surface area contributed by atoms with E-state index in [4.69, 9.17) is 11.6 Å². The lowest BCUT2D eigenvalue weighted by Crippen LogP contribution is -2.30. The van der Waals surface area contributed by atoms with E-state index in [1.54, 1.807) is 6.07 Å². The normalized spacial score (nSPS) is 10.2. The molecular weight excluding hydrogens is 238 g/mol. The van der Waals surface area contributed by atoms with E-state index in [1.165, 1.54) is 0 Å². The van der Waals surface area contributed by atoms with Crippen molar-refractivity contribution in [3.05, 3.63) is 65.2 Å². The first-order valence-corrected chi connectivity index (χ1v) is 6.14. The van der Waals surface area contributed by atoms with Gasteiger partial charge in [-0.05, 0) is 42.2 Å². The third kappa shape index (κ3) is 3.33. The van der Waals surface area contributed by atoms with Crippen LogP contribution in [-0.4, -0.2) is 5.91 Å². The molecule has 5 N–H and O–H groups in total. The Balaban J connectivity index is 2.13. The summed E-state index contributed by atoms with van der Waals surface area (Å²) in [5, 5.41) is 0. The van der Waals surface area contributed by atoms with Crippen molar-refractivity contribution in [2.45, 2.75) is 12.8 Å². The molecule has 0 aliphatic heterocycles. The number of benzene rings is 2. The summed E-state index contributed by atoms with van der Waals surface area (Å²) in [6.45, 7) is 0. The Bertz CT molecular complexity index is 581. The molecule has 0 saturated carbocycles. The summed E-state index contributed by atoms with van der Waals surface area (Å²) in [7, 11) is 0. The van der Waals surface area contributed by atoms with E-state index in [-0.39, 0.29) is 5.91 Å². The molecule has 19 heavy (non-hydrogen) atoms. The Morgan fingerprint density at radius 1 is 1.05 bits per heavy atom. The van der Waals surface area contributed by atoms with Crippen molar-refractivity contribution in [1.29, 1.82) is 0 Å². The molecule has 2 aromatic rings. The highest BCUT2D eigenvalue weighted by atomic mass is 16.2. The molecule has 0 aliphatic carbocycles. The second kappa shape index (κ2) is 6.02. The standard InChI is InChI=1S/C15H17N3O/c16-13-6-3-4-11(10-13)8-9-12-5-1-2-7-14(12)15(19)18-17/h1-7,10H,8-9,16-17H2,(H,18,19). The molecule has 0 heterocycles. The minimum absolute atomic E-state index is 0.261. The lowest BCUT2D eigenvalue weighted by molar-refractivity contribution is 0.0952. The maximum Gasteiger partial charge on any atom is 0.265 e. The van der Waals surface area contributed by atoms with Gasteiger partial charge >= 0.3 is 0 Å². The van der Waals surface area contributed by atoms with Gasteiger partial charge in [0.2, 0.25) is 0 Å².